The van der Waals surface area contributed by atoms with Crippen LogP contribution in [0.15, 0.2) is 24.3 Å². The van der Waals surface area contributed by atoms with Crippen molar-refractivity contribution in [3.8, 4) is 5.75 Å². The van der Waals surface area contributed by atoms with Gasteiger partial charge in [0.15, 0.2) is 0 Å². The first kappa shape index (κ1) is 17.1. The lowest BCUT2D eigenvalue weighted by Gasteiger charge is -2.34. The fourth-order valence-corrected chi connectivity index (χ4v) is 4.11. The molecule has 1 aromatic rings. The molecule has 5 nitrogen and oxygen atoms in total. The Labute approximate surface area is 145 Å². The van der Waals surface area contributed by atoms with Crippen LogP contribution in [0.3, 0.4) is 0 Å². The van der Waals surface area contributed by atoms with Crippen LogP contribution < -0.4 is 10.1 Å². The molecule has 2 aliphatic rings. The lowest BCUT2D eigenvalue weighted by atomic mass is 9.84. The number of likely N-dealkylation sites (tertiary alicyclic amines) is 2. The Kier molecular flexibility index (Phi) is 5.61. The van der Waals surface area contributed by atoms with E-state index < -0.39 is 0 Å². The first-order valence-corrected chi connectivity index (χ1v) is 9.01. The third kappa shape index (κ3) is 4.01. The van der Waals surface area contributed by atoms with Gasteiger partial charge in [0.25, 0.3) is 0 Å². The van der Waals surface area contributed by atoms with E-state index in [1.54, 1.807) is 14.2 Å². The number of rotatable bonds is 4. The lowest BCUT2D eigenvalue weighted by molar-refractivity contribution is 0.150. The van der Waals surface area contributed by atoms with Crippen LogP contribution in [-0.4, -0.2) is 56.2 Å². The van der Waals surface area contributed by atoms with Gasteiger partial charge in [-0.05, 0) is 55.3 Å². The lowest BCUT2D eigenvalue weighted by Crippen LogP contribution is -2.44. The maximum atomic E-state index is 11.7. The van der Waals surface area contributed by atoms with Crippen LogP contribution in [-0.2, 0) is 6.54 Å². The average molecular weight is 331 g/mol. The molecule has 5 heteroatoms. The number of methoxy groups -OCH3 is 1. The molecule has 2 amide bonds. The highest BCUT2D eigenvalue weighted by atomic mass is 16.5. The molecule has 0 aromatic heterocycles. The highest BCUT2D eigenvalue weighted by Crippen LogP contribution is 2.32. The second-order valence-electron chi connectivity index (χ2n) is 7.01. The van der Waals surface area contributed by atoms with Crippen molar-refractivity contribution in [2.45, 2.75) is 25.8 Å². The van der Waals surface area contributed by atoms with Crippen LogP contribution in [0.2, 0.25) is 0 Å². The van der Waals surface area contributed by atoms with Gasteiger partial charge in [0.2, 0.25) is 0 Å². The maximum absolute atomic E-state index is 11.7. The van der Waals surface area contributed by atoms with Crippen molar-refractivity contribution < 1.29 is 9.53 Å². The summed E-state index contributed by atoms with van der Waals surface area (Å²) in [5.74, 6) is 2.47. The Morgan fingerprint density at radius 2 is 1.79 bits per heavy atom. The molecule has 1 aromatic carbocycles. The molecule has 2 heterocycles. The molecular weight excluding hydrogens is 302 g/mol. The van der Waals surface area contributed by atoms with Crippen LogP contribution in [0.5, 0.6) is 5.75 Å². The highest BCUT2D eigenvalue weighted by Gasteiger charge is 2.32. The molecule has 1 N–H and O–H groups in total. The molecule has 132 valence electrons. The average Bonchev–Trinajstić information content (AvgIpc) is 3.10. The van der Waals surface area contributed by atoms with Crippen molar-refractivity contribution in [2.24, 2.45) is 11.8 Å². The number of benzene rings is 1. The zero-order valence-corrected chi connectivity index (χ0v) is 14.8. The summed E-state index contributed by atoms with van der Waals surface area (Å²) in [5.41, 5.74) is 1.35. The van der Waals surface area contributed by atoms with Gasteiger partial charge in [-0.1, -0.05) is 12.1 Å². The minimum atomic E-state index is 0.0704. The van der Waals surface area contributed by atoms with Crippen LogP contribution in [0.4, 0.5) is 4.79 Å². The molecule has 2 aliphatic heterocycles. The van der Waals surface area contributed by atoms with Crippen LogP contribution >= 0.6 is 0 Å². The van der Waals surface area contributed by atoms with Gasteiger partial charge >= 0.3 is 6.03 Å². The number of hydrogen-bond acceptors (Lipinski definition) is 3. The van der Waals surface area contributed by atoms with Gasteiger partial charge in [0.1, 0.15) is 5.75 Å². The molecule has 0 aliphatic carbocycles. The second-order valence-corrected chi connectivity index (χ2v) is 7.01. The predicted octanol–water partition coefficient (Wildman–Crippen LogP) is 2.57. The number of piperidine rings is 1. The molecule has 0 spiro atoms. The number of carbonyl (C=O) groups is 1. The van der Waals surface area contributed by atoms with E-state index in [0.29, 0.717) is 0 Å². The summed E-state index contributed by atoms with van der Waals surface area (Å²) < 4.78 is 5.22. The number of hydrogen-bond donors (Lipinski definition) is 1. The van der Waals surface area contributed by atoms with Gasteiger partial charge in [-0.25, -0.2) is 4.79 Å². The highest BCUT2D eigenvalue weighted by molar-refractivity contribution is 5.73. The zero-order valence-electron chi connectivity index (χ0n) is 14.8. The smallest absolute Gasteiger partial charge is 0.317 e. The third-order valence-corrected chi connectivity index (χ3v) is 5.58. The standard InChI is InChI=1S/C19H29N3O2/c1-20-19(23)22-11-8-16(9-12-22)17-7-10-21(14-17)13-15-3-5-18(24-2)6-4-15/h3-6,16-17H,7-14H2,1-2H3,(H,20,23). The first-order valence-electron chi connectivity index (χ1n) is 9.01. The van der Waals surface area contributed by atoms with E-state index >= 15 is 0 Å². The van der Waals surface area contributed by atoms with Crippen LogP contribution in [0.1, 0.15) is 24.8 Å². The van der Waals surface area contributed by atoms with Gasteiger partial charge in [0.05, 0.1) is 7.11 Å². The number of nitrogens with one attached hydrogen (secondary N) is 1. The molecule has 1 unspecified atom stereocenters. The zero-order chi connectivity index (χ0) is 16.9. The topological polar surface area (TPSA) is 44.8 Å². The van der Waals surface area contributed by atoms with E-state index in [1.165, 1.54) is 25.1 Å². The van der Waals surface area contributed by atoms with Crippen molar-refractivity contribution in [2.75, 3.05) is 40.3 Å². The Morgan fingerprint density at radius 1 is 1.12 bits per heavy atom. The van der Waals surface area contributed by atoms with Crippen LogP contribution in [0.25, 0.3) is 0 Å². The summed E-state index contributed by atoms with van der Waals surface area (Å²) in [5, 5.41) is 2.73. The largest absolute Gasteiger partial charge is 0.497 e. The monoisotopic (exact) mass is 331 g/mol. The first-order chi connectivity index (χ1) is 11.7. The molecule has 1 atom stereocenters. The van der Waals surface area contributed by atoms with Gasteiger partial charge in [-0.2, -0.15) is 0 Å². The summed E-state index contributed by atoms with van der Waals surface area (Å²) in [6.07, 6.45) is 3.59. The van der Waals surface area contributed by atoms with Crippen molar-refractivity contribution in [1.82, 2.24) is 15.1 Å². The Balaban J connectivity index is 1.46. The van der Waals surface area contributed by atoms with Gasteiger partial charge < -0.3 is 15.0 Å². The summed E-state index contributed by atoms with van der Waals surface area (Å²) in [6.45, 7) is 5.21. The van der Waals surface area contributed by atoms with E-state index in [0.717, 1.165) is 50.1 Å². The molecular formula is C19H29N3O2. The summed E-state index contributed by atoms with van der Waals surface area (Å²) in [7, 11) is 3.41. The van der Waals surface area contributed by atoms with E-state index in [9.17, 15) is 4.79 Å². The van der Waals surface area contributed by atoms with E-state index in [1.807, 2.05) is 17.0 Å². The number of carbonyl (C=O) groups excluding carboxylic acids is 1. The maximum Gasteiger partial charge on any atom is 0.317 e. The van der Waals surface area contributed by atoms with Crippen molar-refractivity contribution in [3.05, 3.63) is 29.8 Å². The van der Waals surface area contributed by atoms with Crippen molar-refractivity contribution in [1.29, 1.82) is 0 Å². The Morgan fingerprint density at radius 3 is 2.42 bits per heavy atom. The Bertz CT molecular complexity index is 538. The molecule has 0 saturated carbocycles. The molecule has 2 saturated heterocycles. The van der Waals surface area contributed by atoms with E-state index in [2.05, 4.69) is 22.3 Å². The molecule has 2 fully saturated rings. The van der Waals surface area contributed by atoms with Crippen molar-refractivity contribution in [3.63, 3.8) is 0 Å². The summed E-state index contributed by atoms with van der Waals surface area (Å²) in [6, 6.07) is 8.47. The van der Waals surface area contributed by atoms with Gasteiger partial charge in [0, 0.05) is 33.2 Å². The quantitative estimate of drug-likeness (QED) is 0.922. The third-order valence-electron chi connectivity index (χ3n) is 5.58. The molecule has 24 heavy (non-hydrogen) atoms. The minimum Gasteiger partial charge on any atom is -0.497 e. The molecule has 0 radical (unpaired) electrons. The van der Waals surface area contributed by atoms with E-state index in [-0.39, 0.29) is 6.03 Å². The SMILES string of the molecule is CNC(=O)N1CCC(C2CCN(Cc3ccc(OC)cc3)C2)CC1. The van der Waals surface area contributed by atoms with Gasteiger partial charge in [-0.3, -0.25) is 4.90 Å². The fourth-order valence-electron chi connectivity index (χ4n) is 4.11. The number of ether oxygens (including phenoxy) is 1. The minimum absolute atomic E-state index is 0.0704. The fraction of sp³-hybridized carbons (Fsp3) is 0.632. The number of amides is 2. The molecule has 3 rings (SSSR count). The Hall–Kier alpha value is -1.75. The number of urea groups is 1. The normalized spacial score (nSPS) is 22.6. The summed E-state index contributed by atoms with van der Waals surface area (Å²) in [4.78, 5) is 16.2. The van der Waals surface area contributed by atoms with Crippen molar-refractivity contribution >= 4 is 6.03 Å². The van der Waals surface area contributed by atoms with Crippen LogP contribution in [0, 0.1) is 11.8 Å². The van der Waals surface area contributed by atoms with Gasteiger partial charge in [-0.15, -0.1) is 0 Å². The summed E-state index contributed by atoms with van der Waals surface area (Å²) >= 11 is 0. The second kappa shape index (κ2) is 7.88. The number of nitrogens with zero attached hydrogens (tertiary/aromatic N) is 2. The predicted molar refractivity (Wildman–Crippen MR) is 95.1 cm³/mol. The molecule has 0 bridgehead atoms. The van der Waals surface area contributed by atoms with E-state index in [4.69, 9.17) is 4.74 Å².